The van der Waals surface area contributed by atoms with Crippen LogP contribution in [0.3, 0.4) is 0 Å². The highest BCUT2D eigenvalue weighted by molar-refractivity contribution is 6.30. The first-order chi connectivity index (χ1) is 9.75. The molecule has 1 aromatic carbocycles. The van der Waals surface area contributed by atoms with E-state index in [0.717, 1.165) is 6.07 Å². The van der Waals surface area contributed by atoms with Crippen molar-refractivity contribution in [2.45, 2.75) is 39.0 Å². The first kappa shape index (κ1) is 19.6. The predicted octanol–water partition coefficient (Wildman–Crippen LogP) is 4.57. The van der Waals surface area contributed by atoms with E-state index in [1.54, 1.807) is 0 Å². The maximum Gasteiger partial charge on any atom is 0.418 e. The number of nitrogen functional groups attached to an aromatic ring is 1. The van der Waals surface area contributed by atoms with E-state index in [2.05, 4.69) is 5.92 Å². The molecular weight excluding hydrogens is 303 g/mol. The van der Waals surface area contributed by atoms with Gasteiger partial charge in [0.15, 0.2) is 6.10 Å². The lowest BCUT2D eigenvalue weighted by Gasteiger charge is -2.16. The Morgan fingerprint density at radius 2 is 1.90 bits per heavy atom. The number of alkyl halides is 3. The minimum atomic E-state index is -4.74. The number of nitrogens with two attached hydrogens (primary N) is 1. The van der Waals surface area contributed by atoms with Gasteiger partial charge < -0.3 is 10.8 Å². The second kappa shape index (κ2) is 8.81. The Balaban J connectivity index is 0.000000473. The summed E-state index contributed by atoms with van der Waals surface area (Å²) in [5.74, 6) is 3.30. The molecule has 1 saturated carbocycles. The fraction of sp³-hybridized carbons (Fsp3) is 0.467. The van der Waals surface area contributed by atoms with Gasteiger partial charge in [-0.2, -0.15) is 13.2 Å². The molecule has 21 heavy (non-hydrogen) atoms. The second-order valence-electron chi connectivity index (χ2n) is 4.16. The van der Waals surface area contributed by atoms with E-state index in [1.807, 2.05) is 13.8 Å². The van der Waals surface area contributed by atoms with Crippen molar-refractivity contribution in [2.24, 2.45) is 5.92 Å². The fourth-order valence-corrected chi connectivity index (χ4v) is 1.39. The van der Waals surface area contributed by atoms with Gasteiger partial charge in [-0.25, -0.2) is 0 Å². The lowest BCUT2D eigenvalue weighted by Crippen LogP contribution is -2.21. The van der Waals surface area contributed by atoms with Gasteiger partial charge in [0, 0.05) is 22.2 Å². The van der Waals surface area contributed by atoms with Gasteiger partial charge in [0.05, 0.1) is 0 Å². The van der Waals surface area contributed by atoms with Crippen LogP contribution in [0.4, 0.5) is 18.9 Å². The van der Waals surface area contributed by atoms with Crippen LogP contribution in [-0.2, 0) is 0 Å². The molecule has 0 radical (unpaired) electrons. The summed E-state index contributed by atoms with van der Waals surface area (Å²) < 4.78 is 36.3. The van der Waals surface area contributed by atoms with Gasteiger partial charge in [-0.05, 0) is 31.0 Å². The Morgan fingerprint density at radius 1 is 1.38 bits per heavy atom. The summed E-state index contributed by atoms with van der Waals surface area (Å²) in [6, 6.07) is 3.56. The third-order valence-electron chi connectivity index (χ3n) is 2.47. The van der Waals surface area contributed by atoms with Crippen molar-refractivity contribution in [3.8, 4) is 12.3 Å². The highest BCUT2D eigenvalue weighted by atomic mass is 35.5. The number of hydrogen-bond acceptors (Lipinski definition) is 2. The maximum absolute atomic E-state index is 12.1. The lowest BCUT2D eigenvalue weighted by atomic mass is 10.1. The summed E-state index contributed by atoms with van der Waals surface area (Å²) in [5.41, 5.74) is 4.70. The molecule has 1 atom stereocenters. The minimum absolute atomic E-state index is 0.0949. The summed E-state index contributed by atoms with van der Waals surface area (Å²) in [4.78, 5) is 0. The minimum Gasteiger partial charge on any atom is -0.398 e. The first-order valence-electron chi connectivity index (χ1n) is 6.51. The normalized spacial score (nSPS) is 14.8. The van der Waals surface area contributed by atoms with Gasteiger partial charge in [0.1, 0.15) is 0 Å². The van der Waals surface area contributed by atoms with Gasteiger partial charge >= 0.3 is 6.18 Å². The summed E-state index contributed by atoms with van der Waals surface area (Å²) in [6.45, 7) is 4.00. The van der Waals surface area contributed by atoms with Crippen LogP contribution in [0.25, 0.3) is 0 Å². The highest BCUT2D eigenvalue weighted by Gasteiger charge is 2.40. The van der Waals surface area contributed by atoms with Crippen molar-refractivity contribution in [1.82, 2.24) is 0 Å². The molecule has 3 N–H and O–H groups in total. The summed E-state index contributed by atoms with van der Waals surface area (Å²) in [6.07, 6.45) is 0.199. The Labute approximate surface area is 128 Å². The van der Waals surface area contributed by atoms with E-state index in [9.17, 15) is 13.2 Å². The largest absolute Gasteiger partial charge is 0.418 e. The van der Waals surface area contributed by atoms with Crippen molar-refractivity contribution in [2.75, 3.05) is 5.73 Å². The standard InChI is InChI=1S/C8H7ClF3NO.C5H6.C2H6/c9-4-1-2-6(13)5(3-4)7(14)8(10,11)12;1-2-5-3-4-5;1-2/h1-3,7,14H,13H2;1,5H,3-4H2;1-2H3/t7-;;/m0../s1. The van der Waals surface area contributed by atoms with Crippen LogP contribution in [0.2, 0.25) is 5.02 Å². The van der Waals surface area contributed by atoms with E-state index in [4.69, 9.17) is 28.9 Å². The Kier molecular flexibility index (Phi) is 8.23. The molecule has 0 spiro atoms. The van der Waals surface area contributed by atoms with Crippen molar-refractivity contribution >= 4 is 17.3 Å². The first-order valence-corrected chi connectivity index (χ1v) is 6.89. The molecule has 0 amide bonds. The Hall–Kier alpha value is -1.38. The summed E-state index contributed by atoms with van der Waals surface area (Å²) >= 11 is 5.48. The Morgan fingerprint density at radius 3 is 2.24 bits per heavy atom. The number of rotatable bonds is 1. The number of terminal acetylenes is 1. The van der Waals surface area contributed by atoms with Crippen molar-refractivity contribution in [3.63, 3.8) is 0 Å². The molecule has 118 valence electrons. The van der Waals surface area contributed by atoms with Gasteiger partial charge in [-0.3, -0.25) is 0 Å². The molecule has 0 heterocycles. The molecule has 0 unspecified atom stereocenters. The summed E-state index contributed by atoms with van der Waals surface area (Å²) in [5, 5.41) is 8.99. The molecule has 0 saturated heterocycles. The van der Waals surface area contributed by atoms with Crippen LogP contribution in [0.1, 0.15) is 38.4 Å². The average Bonchev–Trinajstić information content (AvgIpc) is 3.26. The zero-order valence-electron chi connectivity index (χ0n) is 11.9. The molecule has 0 aliphatic heterocycles. The van der Waals surface area contributed by atoms with E-state index < -0.39 is 17.8 Å². The van der Waals surface area contributed by atoms with E-state index in [1.165, 1.54) is 25.0 Å². The van der Waals surface area contributed by atoms with Gasteiger partial charge in [0.25, 0.3) is 0 Å². The molecule has 0 bridgehead atoms. The van der Waals surface area contributed by atoms with Crippen LogP contribution in [0.5, 0.6) is 0 Å². The monoisotopic (exact) mass is 321 g/mol. The maximum atomic E-state index is 12.1. The van der Waals surface area contributed by atoms with E-state index in [-0.39, 0.29) is 10.7 Å². The van der Waals surface area contributed by atoms with Gasteiger partial charge in [0.2, 0.25) is 0 Å². The Bertz CT molecular complexity index is 479. The molecule has 2 rings (SSSR count). The molecule has 1 aliphatic carbocycles. The molecule has 6 heteroatoms. The topological polar surface area (TPSA) is 46.2 Å². The SMILES string of the molecule is C#CC1CC1.CC.Nc1ccc(Cl)cc1[C@H](O)C(F)(F)F. The molecule has 2 nitrogen and oxygen atoms in total. The number of halogens is 4. The summed E-state index contributed by atoms with van der Waals surface area (Å²) in [7, 11) is 0. The van der Waals surface area contributed by atoms with Crippen LogP contribution in [0.15, 0.2) is 18.2 Å². The fourth-order valence-electron chi connectivity index (χ4n) is 1.21. The number of anilines is 1. The quantitative estimate of drug-likeness (QED) is 0.587. The zero-order chi connectivity index (χ0) is 16.6. The average molecular weight is 322 g/mol. The van der Waals surface area contributed by atoms with E-state index in [0.29, 0.717) is 5.92 Å². The lowest BCUT2D eigenvalue weighted by molar-refractivity contribution is -0.206. The third kappa shape index (κ3) is 7.26. The molecule has 0 aromatic heterocycles. The van der Waals surface area contributed by atoms with Crippen molar-refractivity contribution in [3.05, 3.63) is 28.8 Å². The van der Waals surface area contributed by atoms with Crippen LogP contribution in [-0.4, -0.2) is 11.3 Å². The van der Waals surface area contributed by atoms with Gasteiger partial charge in [-0.1, -0.05) is 25.4 Å². The van der Waals surface area contributed by atoms with Crippen LogP contribution in [0, 0.1) is 18.3 Å². The number of aliphatic hydroxyl groups is 1. The van der Waals surface area contributed by atoms with Crippen molar-refractivity contribution in [1.29, 1.82) is 0 Å². The molecule has 1 aromatic rings. The predicted molar refractivity (Wildman–Crippen MR) is 79.8 cm³/mol. The zero-order valence-corrected chi connectivity index (χ0v) is 12.7. The highest BCUT2D eigenvalue weighted by Crippen LogP contribution is 2.36. The van der Waals surface area contributed by atoms with Crippen LogP contribution < -0.4 is 5.73 Å². The van der Waals surface area contributed by atoms with Crippen LogP contribution >= 0.6 is 11.6 Å². The molecule has 1 aliphatic rings. The van der Waals surface area contributed by atoms with Gasteiger partial charge in [-0.15, -0.1) is 12.3 Å². The third-order valence-corrected chi connectivity index (χ3v) is 2.70. The number of aliphatic hydroxyl groups excluding tert-OH is 1. The van der Waals surface area contributed by atoms with Crippen molar-refractivity contribution < 1.29 is 18.3 Å². The molecule has 1 fully saturated rings. The second-order valence-corrected chi connectivity index (χ2v) is 4.59. The number of hydrogen-bond donors (Lipinski definition) is 2. The number of benzene rings is 1. The molecular formula is C15H19ClF3NO. The van der Waals surface area contributed by atoms with E-state index >= 15 is 0 Å². The smallest absolute Gasteiger partial charge is 0.398 e.